The van der Waals surface area contributed by atoms with Crippen molar-refractivity contribution >= 4 is 5.69 Å². The van der Waals surface area contributed by atoms with Crippen LogP contribution in [0.1, 0.15) is 26.7 Å². The maximum atomic E-state index is 5.74. The normalized spacial score (nSPS) is 24.8. The summed E-state index contributed by atoms with van der Waals surface area (Å²) in [6.45, 7) is 6.36. The van der Waals surface area contributed by atoms with Gasteiger partial charge in [0, 0.05) is 24.4 Å². The average molecular weight is 263 g/mol. The molecule has 1 N–H and O–H groups in total. The molecule has 2 aliphatic rings. The third-order valence-electron chi connectivity index (χ3n) is 3.61. The first-order chi connectivity index (χ1) is 9.12. The molecule has 4 nitrogen and oxygen atoms in total. The standard InChI is InChI=1S/C15H21NO3/c1-15(2)10-12(5-6-19-15)16-11-3-4-13-14(9-11)18-8-7-17-13/h3-4,9,12,16H,5-8,10H2,1-2H3. The molecule has 0 amide bonds. The second-order valence-corrected chi connectivity index (χ2v) is 5.80. The van der Waals surface area contributed by atoms with Gasteiger partial charge in [-0.2, -0.15) is 0 Å². The molecule has 0 aromatic heterocycles. The molecule has 0 aliphatic carbocycles. The number of nitrogens with one attached hydrogen (secondary N) is 1. The Morgan fingerprint density at radius 2 is 1.89 bits per heavy atom. The molecule has 1 aromatic rings. The topological polar surface area (TPSA) is 39.7 Å². The minimum Gasteiger partial charge on any atom is -0.486 e. The van der Waals surface area contributed by atoms with Gasteiger partial charge in [0.25, 0.3) is 0 Å². The molecule has 3 rings (SSSR count). The molecular weight excluding hydrogens is 242 g/mol. The average Bonchev–Trinajstić information content (AvgIpc) is 2.37. The molecule has 1 aromatic carbocycles. The van der Waals surface area contributed by atoms with Gasteiger partial charge in [-0.05, 0) is 38.8 Å². The summed E-state index contributed by atoms with van der Waals surface area (Å²) in [4.78, 5) is 0. The van der Waals surface area contributed by atoms with E-state index in [9.17, 15) is 0 Å². The fraction of sp³-hybridized carbons (Fsp3) is 0.600. The number of fused-ring (bicyclic) bond motifs is 1. The fourth-order valence-electron chi connectivity index (χ4n) is 2.72. The molecule has 1 unspecified atom stereocenters. The molecule has 0 radical (unpaired) electrons. The molecule has 1 saturated heterocycles. The van der Waals surface area contributed by atoms with Crippen LogP contribution in [-0.2, 0) is 4.74 Å². The molecule has 0 bridgehead atoms. The Labute approximate surface area is 114 Å². The molecule has 104 valence electrons. The molecule has 0 spiro atoms. The summed E-state index contributed by atoms with van der Waals surface area (Å²) in [5.41, 5.74) is 1.05. The highest BCUT2D eigenvalue weighted by Gasteiger charge is 2.28. The van der Waals surface area contributed by atoms with E-state index in [1.54, 1.807) is 0 Å². The Kier molecular flexibility index (Phi) is 3.27. The lowest BCUT2D eigenvalue weighted by Gasteiger charge is -2.36. The summed E-state index contributed by atoms with van der Waals surface area (Å²) in [5.74, 6) is 1.67. The molecular formula is C15H21NO3. The summed E-state index contributed by atoms with van der Waals surface area (Å²) in [5, 5.41) is 3.57. The van der Waals surface area contributed by atoms with Gasteiger partial charge in [-0.15, -0.1) is 0 Å². The van der Waals surface area contributed by atoms with Crippen LogP contribution >= 0.6 is 0 Å². The first kappa shape index (κ1) is 12.6. The van der Waals surface area contributed by atoms with Gasteiger partial charge in [-0.1, -0.05) is 0 Å². The van der Waals surface area contributed by atoms with E-state index in [0.29, 0.717) is 19.3 Å². The van der Waals surface area contributed by atoms with E-state index in [1.807, 2.05) is 12.1 Å². The Hall–Kier alpha value is -1.42. The number of rotatable bonds is 2. The maximum absolute atomic E-state index is 5.74. The molecule has 19 heavy (non-hydrogen) atoms. The SMILES string of the molecule is CC1(C)CC(Nc2ccc3c(c2)OCCO3)CCO1. The van der Waals surface area contributed by atoms with Crippen molar-refractivity contribution in [2.24, 2.45) is 0 Å². The molecule has 0 saturated carbocycles. The van der Waals surface area contributed by atoms with Gasteiger partial charge in [-0.3, -0.25) is 0 Å². The van der Waals surface area contributed by atoms with Crippen molar-refractivity contribution < 1.29 is 14.2 Å². The van der Waals surface area contributed by atoms with Crippen LogP contribution in [0, 0.1) is 0 Å². The van der Waals surface area contributed by atoms with Crippen LogP contribution in [0.3, 0.4) is 0 Å². The second-order valence-electron chi connectivity index (χ2n) is 5.80. The van der Waals surface area contributed by atoms with Crippen molar-refractivity contribution in [1.82, 2.24) is 0 Å². The monoisotopic (exact) mass is 263 g/mol. The Bertz CT molecular complexity index is 459. The first-order valence-electron chi connectivity index (χ1n) is 6.93. The van der Waals surface area contributed by atoms with Crippen molar-refractivity contribution in [3.63, 3.8) is 0 Å². The molecule has 4 heteroatoms. The predicted octanol–water partition coefficient (Wildman–Crippen LogP) is 2.83. The Balaban J connectivity index is 1.69. The van der Waals surface area contributed by atoms with Crippen molar-refractivity contribution in [2.45, 2.75) is 38.3 Å². The minimum absolute atomic E-state index is 0.0380. The summed E-state index contributed by atoms with van der Waals surface area (Å²) in [6.07, 6.45) is 2.05. The number of anilines is 1. The third kappa shape index (κ3) is 2.95. The van der Waals surface area contributed by atoms with Crippen molar-refractivity contribution in [1.29, 1.82) is 0 Å². The van der Waals surface area contributed by atoms with Crippen LogP contribution in [0.25, 0.3) is 0 Å². The first-order valence-corrected chi connectivity index (χ1v) is 6.93. The third-order valence-corrected chi connectivity index (χ3v) is 3.61. The highest BCUT2D eigenvalue weighted by atomic mass is 16.6. The van der Waals surface area contributed by atoms with Crippen molar-refractivity contribution in [3.05, 3.63) is 18.2 Å². The zero-order valence-corrected chi connectivity index (χ0v) is 11.6. The smallest absolute Gasteiger partial charge is 0.163 e. The van der Waals surface area contributed by atoms with Gasteiger partial charge in [0.05, 0.1) is 5.60 Å². The number of ether oxygens (including phenoxy) is 3. The van der Waals surface area contributed by atoms with E-state index in [0.717, 1.165) is 36.6 Å². The van der Waals surface area contributed by atoms with Gasteiger partial charge in [0.2, 0.25) is 0 Å². The maximum Gasteiger partial charge on any atom is 0.163 e. The predicted molar refractivity (Wildman–Crippen MR) is 74.1 cm³/mol. The highest BCUT2D eigenvalue weighted by Crippen LogP contribution is 2.34. The van der Waals surface area contributed by atoms with E-state index < -0.39 is 0 Å². The van der Waals surface area contributed by atoms with Gasteiger partial charge < -0.3 is 19.5 Å². The van der Waals surface area contributed by atoms with Gasteiger partial charge in [0.1, 0.15) is 13.2 Å². The number of benzene rings is 1. The zero-order valence-electron chi connectivity index (χ0n) is 11.6. The number of hydrogen-bond donors (Lipinski definition) is 1. The molecule has 2 aliphatic heterocycles. The van der Waals surface area contributed by atoms with Gasteiger partial charge in [-0.25, -0.2) is 0 Å². The van der Waals surface area contributed by atoms with Crippen LogP contribution in [0.2, 0.25) is 0 Å². The summed E-state index contributed by atoms with van der Waals surface area (Å²) >= 11 is 0. The lowest BCUT2D eigenvalue weighted by atomic mass is 9.94. The van der Waals surface area contributed by atoms with E-state index in [1.165, 1.54) is 0 Å². The molecule has 1 atom stereocenters. The fourth-order valence-corrected chi connectivity index (χ4v) is 2.72. The van der Waals surface area contributed by atoms with E-state index in [-0.39, 0.29) is 5.60 Å². The number of hydrogen-bond acceptors (Lipinski definition) is 4. The van der Waals surface area contributed by atoms with Crippen LogP contribution in [0.15, 0.2) is 18.2 Å². The summed E-state index contributed by atoms with van der Waals surface area (Å²) in [7, 11) is 0. The summed E-state index contributed by atoms with van der Waals surface area (Å²) < 4.78 is 16.9. The van der Waals surface area contributed by atoms with Gasteiger partial charge in [0.15, 0.2) is 11.5 Å². The Morgan fingerprint density at radius 3 is 2.68 bits per heavy atom. The largest absolute Gasteiger partial charge is 0.486 e. The van der Waals surface area contributed by atoms with E-state index in [4.69, 9.17) is 14.2 Å². The molecule has 2 heterocycles. The minimum atomic E-state index is -0.0380. The van der Waals surface area contributed by atoms with Crippen LogP contribution in [0.4, 0.5) is 5.69 Å². The second kappa shape index (κ2) is 4.93. The lowest BCUT2D eigenvalue weighted by Crippen LogP contribution is -2.40. The van der Waals surface area contributed by atoms with Crippen molar-refractivity contribution in [3.8, 4) is 11.5 Å². The van der Waals surface area contributed by atoms with Gasteiger partial charge >= 0.3 is 0 Å². The Morgan fingerprint density at radius 1 is 1.11 bits per heavy atom. The quantitative estimate of drug-likeness (QED) is 0.890. The van der Waals surface area contributed by atoms with E-state index >= 15 is 0 Å². The lowest BCUT2D eigenvalue weighted by molar-refractivity contribution is -0.0553. The highest BCUT2D eigenvalue weighted by molar-refractivity contribution is 5.55. The van der Waals surface area contributed by atoms with Crippen LogP contribution in [-0.4, -0.2) is 31.5 Å². The zero-order chi connectivity index (χ0) is 13.3. The molecule has 1 fully saturated rings. The van der Waals surface area contributed by atoms with Crippen LogP contribution < -0.4 is 14.8 Å². The van der Waals surface area contributed by atoms with E-state index in [2.05, 4.69) is 25.2 Å². The van der Waals surface area contributed by atoms with Crippen LogP contribution in [0.5, 0.6) is 11.5 Å². The summed E-state index contributed by atoms with van der Waals surface area (Å²) in [6, 6.07) is 6.50. The van der Waals surface area contributed by atoms with Crippen molar-refractivity contribution in [2.75, 3.05) is 25.1 Å².